The zero-order valence-corrected chi connectivity index (χ0v) is 12.2. The molecule has 0 aliphatic carbocycles. The Kier molecular flexibility index (Phi) is 3.26. The number of nitrogens with one attached hydrogen (secondary N) is 1. The molecule has 3 N–H and O–H groups in total. The second kappa shape index (κ2) is 4.97. The lowest BCUT2D eigenvalue weighted by Gasteiger charge is -2.10. The van der Waals surface area contributed by atoms with Crippen LogP contribution in [0.5, 0.6) is 0 Å². The molecule has 8 heteroatoms. The van der Waals surface area contributed by atoms with Crippen LogP contribution < -0.4 is 10.5 Å². The summed E-state index contributed by atoms with van der Waals surface area (Å²) in [5, 5.41) is 0. The molecule has 1 aromatic heterocycles. The number of halogens is 1. The monoisotopic (exact) mass is 323 g/mol. The molecule has 0 atom stereocenters. The highest BCUT2D eigenvalue weighted by Crippen LogP contribution is 2.26. The Morgan fingerprint density at radius 1 is 1.24 bits per heavy atom. The van der Waals surface area contributed by atoms with Crippen LogP contribution in [-0.4, -0.2) is 13.4 Å². The van der Waals surface area contributed by atoms with Gasteiger partial charge >= 0.3 is 0 Å². The number of thiazole rings is 1. The number of nitrogen functional groups attached to an aromatic ring is 1. The Morgan fingerprint density at radius 3 is 2.86 bits per heavy atom. The Balaban J connectivity index is 2.00. The fourth-order valence-corrected chi connectivity index (χ4v) is 3.79. The molecule has 0 spiro atoms. The first-order valence-electron chi connectivity index (χ1n) is 5.87. The number of anilines is 2. The molecule has 0 unspecified atom stereocenters. The van der Waals surface area contributed by atoms with E-state index in [0.29, 0.717) is 5.69 Å². The predicted octanol–water partition coefficient (Wildman–Crippen LogP) is 2.82. The molecule has 0 radical (unpaired) electrons. The number of sulfonamides is 1. The lowest BCUT2D eigenvalue weighted by atomic mass is 10.3. The fourth-order valence-electron chi connectivity index (χ4n) is 1.88. The van der Waals surface area contributed by atoms with Crippen molar-refractivity contribution in [1.82, 2.24) is 4.98 Å². The summed E-state index contributed by atoms with van der Waals surface area (Å²) in [5.41, 5.74) is 7.93. The van der Waals surface area contributed by atoms with Gasteiger partial charge in [0.25, 0.3) is 10.0 Å². The van der Waals surface area contributed by atoms with E-state index in [1.54, 1.807) is 23.7 Å². The lowest BCUT2D eigenvalue weighted by Crippen LogP contribution is -2.15. The van der Waals surface area contributed by atoms with Gasteiger partial charge in [-0.1, -0.05) is 6.07 Å². The maximum Gasteiger partial charge on any atom is 0.264 e. The van der Waals surface area contributed by atoms with Gasteiger partial charge in [-0.15, -0.1) is 11.3 Å². The van der Waals surface area contributed by atoms with Gasteiger partial charge in [-0.3, -0.25) is 4.72 Å². The zero-order valence-electron chi connectivity index (χ0n) is 10.6. The highest BCUT2D eigenvalue weighted by molar-refractivity contribution is 7.92. The molecule has 0 fully saturated rings. The maximum absolute atomic E-state index is 13.4. The molecule has 2 aromatic carbocycles. The van der Waals surface area contributed by atoms with E-state index in [-0.39, 0.29) is 4.90 Å². The molecule has 0 saturated carbocycles. The first kappa shape index (κ1) is 13.8. The summed E-state index contributed by atoms with van der Waals surface area (Å²) in [7, 11) is -3.95. The van der Waals surface area contributed by atoms with Crippen LogP contribution in [-0.2, 0) is 10.0 Å². The second-order valence-corrected chi connectivity index (χ2v) is 6.83. The topological polar surface area (TPSA) is 85.1 Å². The second-order valence-electron chi connectivity index (χ2n) is 4.29. The smallest absolute Gasteiger partial charge is 0.264 e. The van der Waals surface area contributed by atoms with E-state index in [9.17, 15) is 12.8 Å². The summed E-state index contributed by atoms with van der Waals surface area (Å²) in [5.74, 6) is -0.768. The maximum atomic E-state index is 13.4. The lowest BCUT2D eigenvalue weighted by molar-refractivity contribution is 0.597. The predicted molar refractivity (Wildman–Crippen MR) is 81.2 cm³/mol. The molecule has 5 nitrogen and oxygen atoms in total. The van der Waals surface area contributed by atoms with Crippen LogP contribution in [0.2, 0.25) is 0 Å². The van der Waals surface area contributed by atoms with E-state index in [1.165, 1.54) is 23.5 Å². The van der Waals surface area contributed by atoms with Crippen molar-refractivity contribution in [3.05, 3.63) is 47.7 Å². The van der Waals surface area contributed by atoms with Gasteiger partial charge in [0.1, 0.15) is 10.7 Å². The number of nitrogens with zero attached hydrogens (tertiary/aromatic N) is 1. The van der Waals surface area contributed by atoms with Gasteiger partial charge in [0, 0.05) is 0 Å². The molecule has 3 aromatic rings. The van der Waals surface area contributed by atoms with Crippen LogP contribution in [0.4, 0.5) is 15.8 Å². The quantitative estimate of drug-likeness (QED) is 0.726. The van der Waals surface area contributed by atoms with Crippen LogP contribution in [0.3, 0.4) is 0 Å². The van der Waals surface area contributed by atoms with Crippen molar-refractivity contribution >= 4 is 43.0 Å². The number of para-hydroxylation sites is 1. The van der Waals surface area contributed by atoms with Gasteiger partial charge in [0.15, 0.2) is 0 Å². The standard InChI is InChI=1S/C13H10FN3O2S2/c14-9-2-1-3-12(13(9)15)21(18,19)17-8-4-5-10-11(6-8)20-7-16-10/h1-7,17H,15H2. The molecular weight excluding hydrogens is 313 g/mol. The van der Waals surface area contributed by atoms with E-state index in [0.717, 1.165) is 16.3 Å². The van der Waals surface area contributed by atoms with E-state index in [2.05, 4.69) is 9.71 Å². The van der Waals surface area contributed by atoms with E-state index >= 15 is 0 Å². The molecule has 0 bridgehead atoms. The Labute approximate surface area is 124 Å². The number of benzene rings is 2. The summed E-state index contributed by atoms with van der Waals surface area (Å²) in [6.07, 6.45) is 0. The first-order valence-corrected chi connectivity index (χ1v) is 8.24. The molecule has 21 heavy (non-hydrogen) atoms. The molecule has 3 rings (SSSR count). The number of rotatable bonds is 3. The molecule has 0 aliphatic rings. The molecule has 0 amide bonds. The molecule has 108 valence electrons. The summed E-state index contributed by atoms with van der Waals surface area (Å²) >= 11 is 1.40. The van der Waals surface area contributed by atoms with Crippen molar-refractivity contribution in [3.8, 4) is 0 Å². The van der Waals surface area contributed by atoms with Gasteiger partial charge in [-0.25, -0.2) is 17.8 Å². The average Bonchev–Trinajstić information content (AvgIpc) is 2.88. The van der Waals surface area contributed by atoms with Crippen molar-refractivity contribution in [2.45, 2.75) is 4.90 Å². The van der Waals surface area contributed by atoms with Crippen LogP contribution in [0, 0.1) is 5.82 Å². The van der Waals surface area contributed by atoms with Gasteiger partial charge in [0.2, 0.25) is 0 Å². The van der Waals surface area contributed by atoms with Crippen LogP contribution in [0.15, 0.2) is 46.8 Å². The van der Waals surface area contributed by atoms with Crippen LogP contribution in [0.1, 0.15) is 0 Å². The minimum atomic E-state index is -3.95. The Hall–Kier alpha value is -2.19. The van der Waals surface area contributed by atoms with Crippen molar-refractivity contribution in [2.24, 2.45) is 0 Å². The number of aromatic nitrogens is 1. The molecule has 1 heterocycles. The summed E-state index contributed by atoms with van der Waals surface area (Å²) in [6.45, 7) is 0. The number of nitrogens with two attached hydrogens (primary N) is 1. The fraction of sp³-hybridized carbons (Fsp3) is 0. The molecular formula is C13H10FN3O2S2. The van der Waals surface area contributed by atoms with E-state index in [4.69, 9.17) is 5.73 Å². The third-order valence-corrected chi connectivity index (χ3v) is 5.12. The highest BCUT2D eigenvalue weighted by atomic mass is 32.2. The van der Waals surface area contributed by atoms with Crippen molar-refractivity contribution in [2.75, 3.05) is 10.5 Å². The molecule has 0 aliphatic heterocycles. The van der Waals surface area contributed by atoms with E-state index in [1.807, 2.05) is 0 Å². The third kappa shape index (κ3) is 2.55. The van der Waals surface area contributed by atoms with Gasteiger partial charge < -0.3 is 5.73 Å². The van der Waals surface area contributed by atoms with Crippen molar-refractivity contribution in [1.29, 1.82) is 0 Å². The summed E-state index contributed by atoms with van der Waals surface area (Å²) in [4.78, 5) is 3.83. The first-order chi connectivity index (χ1) is 9.97. The van der Waals surface area contributed by atoms with Crippen molar-refractivity contribution in [3.63, 3.8) is 0 Å². The van der Waals surface area contributed by atoms with Crippen LogP contribution in [0.25, 0.3) is 10.2 Å². The summed E-state index contributed by atoms with van der Waals surface area (Å²) < 4.78 is 41.2. The SMILES string of the molecule is Nc1c(F)cccc1S(=O)(=O)Nc1ccc2ncsc2c1. The van der Waals surface area contributed by atoms with Gasteiger partial charge in [0.05, 0.1) is 27.1 Å². The minimum Gasteiger partial charge on any atom is -0.395 e. The zero-order chi connectivity index (χ0) is 15.0. The minimum absolute atomic E-state index is 0.285. The largest absolute Gasteiger partial charge is 0.395 e. The highest BCUT2D eigenvalue weighted by Gasteiger charge is 2.19. The normalized spacial score (nSPS) is 11.7. The number of fused-ring (bicyclic) bond motifs is 1. The summed E-state index contributed by atoms with van der Waals surface area (Å²) in [6, 6.07) is 8.63. The van der Waals surface area contributed by atoms with Gasteiger partial charge in [-0.2, -0.15) is 0 Å². The van der Waals surface area contributed by atoms with Crippen molar-refractivity contribution < 1.29 is 12.8 Å². The van der Waals surface area contributed by atoms with Crippen LogP contribution >= 0.6 is 11.3 Å². The number of hydrogen-bond acceptors (Lipinski definition) is 5. The molecule has 0 saturated heterocycles. The van der Waals surface area contributed by atoms with Gasteiger partial charge in [-0.05, 0) is 30.3 Å². The van der Waals surface area contributed by atoms with E-state index < -0.39 is 21.5 Å². The third-order valence-electron chi connectivity index (χ3n) is 2.89. The average molecular weight is 323 g/mol. The Morgan fingerprint density at radius 2 is 2.05 bits per heavy atom. The Bertz CT molecular complexity index is 922. The number of hydrogen-bond donors (Lipinski definition) is 2.